The molecule has 5 heteroatoms. The summed E-state index contributed by atoms with van der Waals surface area (Å²) in [4.78, 5) is 21.5. The second-order valence-electron chi connectivity index (χ2n) is 2.55. The molecule has 2 aromatic heterocycles. The molecule has 0 bridgehead atoms. The van der Waals surface area contributed by atoms with Gasteiger partial charge in [-0.2, -0.15) is 0 Å². The van der Waals surface area contributed by atoms with Crippen LogP contribution in [0.5, 0.6) is 0 Å². The first-order valence-corrected chi connectivity index (χ1v) is 3.75. The minimum Gasteiger partial charge on any atom is -0.388 e. The second kappa shape index (κ2) is 2.95. The molecule has 0 amide bonds. The first kappa shape index (κ1) is 7.88. The van der Waals surface area contributed by atoms with Crippen LogP contribution in [0.25, 0.3) is 10.9 Å². The molecule has 0 unspecified atom stereocenters. The molecule has 2 N–H and O–H groups in total. The lowest BCUT2D eigenvalue weighted by atomic mass is 10.3. The van der Waals surface area contributed by atoms with Crippen molar-refractivity contribution in [2.24, 2.45) is 0 Å². The van der Waals surface area contributed by atoms with Crippen molar-refractivity contribution in [2.45, 2.75) is 6.61 Å². The number of aromatic amines is 1. The van der Waals surface area contributed by atoms with Gasteiger partial charge in [0.05, 0.1) is 10.9 Å². The highest BCUT2D eigenvalue weighted by Gasteiger charge is 2.00. The van der Waals surface area contributed by atoms with E-state index in [0.717, 1.165) is 0 Å². The summed E-state index contributed by atoms with van der Waals surface area (Å²) in [5.41, 5.74) is 0.324. The molecule has 0 atom stereocenters. The lowest BCUT2D eigenvalue weighted by Gasteiger charge is -1.96. The maximum absolute atomic E-state index is 11.2. The molecular weight excluding hydrogens is 170 g/mol. The molecule has 0 saturated heterocycles. The Hall–Kier alpha value is -1.75. The molecule has 0 aliphatic rings. The average Bonchev–Trinajstić information content (AvgIpc) is 2.18. The van der Waals surface area contributed by atoms with E-state index in [9.17, 15) is 4.79 Å². The fourth-order valence-corrected chi connectivity index (χ4v) is 1.09. The highest BCUT2D eigenvalue weighted by Crippen LogP contribution is 2.03. The van der Waals surface area contributed by atoms with Crippen LogP contribution in [0.2, 0.25) is 0 Å². The van der Waals surface area contributed by atoms with Crippen molar-refractivity contribution in [1.82, 2.24) is 15.0 Å². The maximum Gasteiger partial charge on any atom is 0.258 e. The van der Waals surface area contributed by atoms with Crippen LogP contribution in [0, 0.1) is 0 Å². The highest BCUT2D eigenvalue weighted by atomic mass is 16.3. The molecule has 0 aliphatic heterocycles. The third-order valence-electron chi connectivity index (χ3n) is 1.71. The number of nitrogens with zero attached hydrogens (tertiary/aromatic N) is 2. The van der Waals surface area contributed by atoms with Gasteiger partial charge in [0.15, 0.2) is 5.82 Å². The summed E-state index contributed by atoms with van der Waals surface area (Å²) in [7, 11) is 0. The van der Waals surface area contributed by atoms with Crippen molar-refractivity contribution in [2.75, 3.05) is 0 Å². The lowest BCUT2D eigenvalue weighted by molar-refractivity contribution is 0.272. The maximum atomic E-state index is 11.2. The van der Waals surface area contributed by atoms with Crippen LogP contribution in [0.15, 0.2) is 23.3 Å². The lowest BCUT2D eigenvalue weighted by Crippen LogP contribution is -2.07. The Kier molecular flexibility index (Phi) is 1.79. The van der Waals surface area contributed by atoms with Crippen molar-refractivity contribution in [3.05, 3.63) is 34.6 Å². The van der Waals surface area contributed by atoms with E-state index in [4.69, 9.17) is 5.11 Å². The summed E-state index contributed by atoms with van der Waals surface area (Å²) in [5.74, 6) is 0.318. The van der Waals surface area contributed by atoms with E-state index in [1.54, 1.807) is 6.07 Å². The number of aliphatic hydroxyl groups is 1. The Morgan fingerprint density at radius 3 is 3.15 bits per heavy atom. The zero-order valence-corrected chi connectivity index (χ0v) is 6.69. The summed E-state index contributed by atoms with van der Waals surface area (Å²) < 4.78 is 0. The van der Waals surface area contributed by atoms with Gasteiger partial charge in [-0.1, -0.05) is 0 Å². The quantitative estimate of drug-likeness (QED) is 0.632. The van der Waals surface area contributed by atoms with Crippen molar-refractivity contribution >= 4 is 10.9 Å². The van der Waals surface area contributed by atoms with Crippen LogP contribution in [0.3, 0.4) is 0 Å². The predicted molar refractivity (Wildman–Crippen MR) is 46.1 cm³/mol. The van der Waals surface area contributed by atoms with Gasteiger partial charge in [0.25, 0.3) is 5.56 Å². The SMILES string of the molecule is O=c1[nH]ccc2nc(CO)ncc12. The normalized spacial score (nSPS) is 10.5. The van der Waals surface area contributed by atoms with Gasteiger partial charge in [0.1, 0.15) is 6.61 Å². The molecule has 13 heavy (non-hydrogen) atoms. The summed E-state index contributed by atoms with van der Waals surface area (Å²) >= 11 is 0. The molecule has 66 valence electrons. The first-order valence-electron chi connectivity index (χ1n) is 3.75. The van der Waals surface area contributed by atoms with Gasteiger partial charge < -0.3 is 10.1 Å². The summed E-state index contributed by atoms with van der Waals surface area (Å²) in [5, 5.41) is 9.19. The Labute approximate surface area is 73.1 Å². The Bertz CT molecular complexity index is 492. The standard InChI is InChI=1S/C8H7N3O2/c12-4-7-10-3-5-6(11-7)1-2-9-8(5)13/h1-3,12H,4H2,(H,9,13). The van der Waals surface area contributed by atoms with Gasteiger partial charge in [-0.3, -0.25) is 4.79 Å². The molecule has 2 aromatic rings. The monoisotopic (exact) mass is 177 g/mol. The average molecular weight is 177 g/mol. The number of H-pyrrole nitrogens is 1. The Balaban J connectivity index is 2.80. The fourth-order valence-electron chi connectivity index (χ4n) is 1.09. The van der Waals surface area contributed by atoms with Gasteiger partial charge in [-0.15, -0.1) is 0 Å². The summed E-state index contributed by atoms with van der Waals surface area (Å²) in [6.07, 6.45) is 2.92. The van der Waals surface area contributed by atoms with Gasteiger partial charge in [-0.25, -0.2) is 9.97 Å². The number of fused-ring (bicyclic) bond motifs is 1. The van der Waals surface area contributed by atoms with Gasteiger partial charge in [0, 0.05) is 12.4 Å². The highest BCUT2D eigenvalue weighted by molar-refractivity contribution is 5.75. The number of nitrogens with one attached hydrogen (secondary N) is 1. The van der Waals surface area contributed by atoms with Crippen molar-refractivity contribution in [1.29, 1.82) is 0 Å². The van der Waals surface area contributed by atoms with E-state index >= 15 is 0 Å². The molecule has 0 saturated carbocycles. The third-order valence-corrected chi connectivity index (χ3v) is 1.71. The van der Waals surface area contributed by atoms with E-state index in [1.807, 2.05) is 0 Å². The number of hydrogen-bond acceptors (Lipinski definition) is 4. The van der Waals surface area contributed by atoms with Gasteiger partial charge >= 0.3 is 0 Å². The number of aliphatic hydroxyl groups excluding tert-OH is 1. The number of rotatable bonds is 1. The number of hydrogen-bond donors (Lipinski definition) is 2. The van der Waals surface area contributed by atoms with Crippen LogP contribution in [-0.2, 0) is 6.61 Å². The van der Waals surface area contributed by atoms with E-state index in [1.165, 1.54) is 12.4 Å². The van der Waals surface area contributed by atoms with E-state index in [-0.39, 0.29) is 12.2 Å². The number of aromatic nitrogens is 3. The molecule has 0 spiro atoms. The zero-order valence-electron chi connectivity index (χ0n) is 6.69. The molecule has 0 aromatic carbocycles. The Morgan fingerprint density at radius 1 is 1.54 bits per heavy atom. The van der Waals surface area contributed by atoms with E-state index in [0.29, 0.717) is 16.7 Å². The predicted octanol–water partition coefficient (Wildman–Crippen LogP) is -0.190. The Morgan fingerprint density at radius 2 is 2.38 bits per heavy atom. The molecule has 0 radical (unpaired) electrons. The first-order chi connectivity index (χ1) is 6.31. The van der Waals surface area contributed by atoms with Crippen LogP contribution >= 0.6 is 0 Å². The molecule has 5 nitrogen and oxygen atoms in total. The van der Waals surface area contributed by atoms with Crippen molar-refractivity contribution in [3.63, 3.8) is 0 Å². The molecule has 0 fully saturated rings. The van der Waals surface area contributed by atoms with E-state index in [2.05, 4.69) is 15.0 Å². The van der Waals surface area contributed by atoms with Crippen molar-refractivity contribution in [3.8, 4) is 0 Å². The van der Waals surface area contributed by atoms with Crippen LogP contribution in [0.4, 0.5) is 0 Å². The minimum absolute atomic E-state index is 0.220. The van der Waals surface area contributed by atoms with Crippen molar-refractivity contribution < 1.29 is 5.11 Å². The minimum atomic E-state index is -0.220. The molecule has 0 aliphatic carbocycles. The van der Waals surface area contributed by atoms with Gasteiger partial charge in [-0.05, 0) is 6.07 Å². The second-order valence-corrected chi connectivity index (χ2v) is 2.55. The molecular formula is C8H7N3O2. The smallest absolute Gasteiger partial charge is 0.258 e. The summed E-state index contributed by atoms with van der Waals surface area (Å²) in [6.45, 7) is -0.220. The van der Waals surface area contributed by atoms with Crippen LogP contribution < -0.4 is 5.56 Å². The largest absolute Gasteiger partial charge is 0.388 e. The third kappa shape index (κ3) is 1.29. The van der Waals surface area contributed by atoms with Crippen LogP contribution in [-0.4, -0.2) is 20.1 Å². The fraction of sp³-hybridized carbons (Fsp3) is 0.125. The summed E-state index contributed by atoms with van der Waals surface area (Å²) in [6, 6.07) is 1.66. The van der Waals surface area contributed by atoms with Crippen LogP contribution in [0.1, 0.15) is 5.82 Å². The topological polar surface area (TPSA) is 78.9 Å². The van der Waals surface area contributed by atoms with Gasteiger partial charge in [0.2, 0.25) is 0 Å². The van der Waals surface area contributed by atoms with E-state index < -0.39 is 0 Å². The number of pyridine rings is 1. The zero-order chi connectivity index (χ0) is 9.26. The molecule has 2 rings (SSSR count). The molecule has 2 heterocycles.